The Kier molecular flexibility index (Phi) is 6.36. The second kappa shape index (κ2) is 9.54. The minimum absolute atomic E-state index is 0.0796. The van der Waals surface area contributed by atoms with Gasteiger partial charge in [0.25, 0.3) is 5.91 Å². The number of carboxylic acids is 1. The summed E-state index contributed by atoms with van der Waals surface area (Å²) in [6.45, 7) is 0.333. The second-order valence-electron chi connectivity index (χ2n) is 7.87. The molecule has 0 aromatic heterocycles. The van der Waals surface area contributed by atoms with E-state index >= 15 is 0 Å². The Balaban J connectivity index is 1.56. The summed E-state index contributed by atoms with van der Waals surface area (Å²) in [5, 5.41) is 34.3. The number of phenols is 2. The summed E-state index contributed by atoms with van der Waals surface area (Å²) in [4.78, 5) is 23.8. The van der Waals surface area contributed by atoms with Crippen LogP contribution in [0.15, 0.2) is 72.8 Å². The maximum absolute atomic E-state index is 12.7. The molecule has 0 atom stereocenters. The number of fused-ring (bicyclic) bond motifs is 1. The molecule has 1 amide bonds. The van der Waals surface area contributed by atoms with Crippen molar-refractivity contribution in [1.82, 2.24) is 5.32 Å². The fraction of sp³-hybridized carbons (Fsp3) is 0.111. The first kappa shape index (κ1) is 22.7. The van der Waals surface area contributed by atoms with Gasteiger partial charge in [-0.15, -0.1) is 0 Å². The number of carbonyl (C=O) groups excluding carboxylic acids is 1. The highest BCUT2D eigenvalue weighted by molar-refractivity contribution is 6.01. The Morgan fingerprint density at radius 3 is 2.15 bits per heavy atom. The van der Waals surface area contributed by atoms with Crippen molar-refractivity contribution in [3.8, 4) is 17.2 Å². The third-order valence-electron chi connectivity index (χ3n) is 5.65. The van der Waals surface area contributed by atoms with Gasteiger partial charge in [0.1, 0.15) is 17.2 Å². The number of nitrogens with one attached hydrogen (secondary N) is 1. The van der Waals surface area contributed by atoms with Gasteiger partial charge in [-0.05, 0) is 59.0 Å². The van der Waals surface area contributed by atoms with E-state index in [1.54, 1.807) is 37.4 Å². The maximum atomic E-state index is 12.7. The Bertz CT molecular complexity index is 1360. The molecule has 0 radical (unpaired) electrons. The summed E-state index contributed by atoms with van der Waals surface area (Å²) >= 11 is 0. The lowest BCUT2D eigenvalue weighted by Gasteiger charge is -2.13. The predicted molar refractivity (Wildman–Crippen MR) is 128 cm³/mol. The minimum Gasteiger partial charge on any atom is -0.507 e. The van der Waals surface area contributed by atoms with Gasteiger partial charge < -0.3 is 25.4 Å². The monoisotopic (exact) mass is 457 g/mol. The number of hydrogen-bond donors (Lipinski definition) is 4. The molecular weight excluding hydrogens is 434 g/mol. The highest BCUT2D eigenvalue weighted by Crippen LogP contribution is 2.37. The lowest BCUT2D eigenvalue weighted by Crippen LogP contribution is -2.22. The molecule has 0 aliphatic heterocycles. The van der Waals surface area contributed by atoms with E-state index in [1.165, 1.54) is 18.2 Å². The molecule has 0 fully saturated rings. The van der Waals surface area contributed by atoms with Gasteiger partial charge in [-0.25, -0.2) is 4.79 Å². The Morgan fingerprint density at radius 2 is 1.50 bits per heavy atom. The van der Waals surface area contributed by atoms with Crippen molar-refractivity contribution in [2.45, 2.75) is 13.0 Å². The van der Waals surface area contributed by atoms with Gasteiger partial charge in [0.15, 0.2) is 0 Å². The number of amides is 1. The van der Waals surface area contributed by atoms with Crippen LogP contribution in [0.4, 0.5) is 0 Å². The first-order chi connectivity index (χ1) is 16.4. The number of benzene rings is 4. The molecule has 0 spiro atoms. The van der Waals surface area contributed by atoms with Crippen molar-refractivity contribution >= 4 is 22.6 Å². The van der Waals surface area contributed by atoms with Crippen LogP contribution in [0.25, 0.3) is 10.8 Å². The van der Waals surface area contributed by atoms with Gasteiger partial charge >= 0.3 is 5.97 Å². The standard InChI is InChI=1S/C27H23NO6/c1-34-21-10-4-17(5-11-21)15-28-26(31)20-9-8-19-14-24(29)23(25(30)22(19)13-20)12-16-2-6-18(7-3-16)27(32)33/h2-11,13-14,29-30H,12,15H2,1H3,(H,28,31)(H,32,33). The Labute approximate surface area is 195 Å². The topological polar surface area (TPSA) is 116 Å². The molecule has 4 aromatic carbocycles. The third-order valence-corrected chi connectivity index (χ3v) is 5.65. The van der Waals surface area contributed by atoms with Gasteiger partial charge in [-0.2, -0.15) is 0 Å². The van der Waals surface area contributed by atoms with Crippen LogP contribution in [0.5, 0.6) is 17.2 Å². The third kappa shape index (κ3) is 4.78. The van der Waals surface area contributed by atoms with Crippen LogP contribution in [0.3, 0.4) is 0 Å². The van der Waals surface area contributed by atoms with E-state index in [4.69, 9.17) is 9.84 Å². The Morgan fingerprint density at radius 1 is 0.853 bits per heavy atom. The molecular formula is C27H23NO6. The normalized spacial score (nSPS) is 10.7. The lowest BCUT2D eigenvalue weighted by atomic mass is 9.96. The summed E-state index contributed by atoms with van der Waals surface area (Å²) < 4.78 is 5.13. The molecule has 34 heavy (non-hydrogen) atoms. The van der Waals surface area contributed by atoms with E-state index in [9.17, 15) is 19.8 Å². The number of phenolic OH excluding ortho intramolecular Hbond substituents is 2. The van der Waals surface area contributed by atoms with Crippen LogP contribution in [0.2, 0.25) is 0 Å². The number of hydrogen-bond acceptors (Lipinski definition) is 5. The highest BCUT2D eigenvalue weighted by atomic mass is 16.5. The zero-order valence-corrected chi connectivity index (χ0v) is 18.4. The number of carbonyl (C=O) groups is 2. The maximum Gasteiger partial charge on any atom is 0.335 e. The smallest absolute Gasteiger partial charge is 0.335 e. The molecule has 7 nitrogen and oxygen atoms in total. The van der Waals surface area contributed by atoms with E-state index in [-0.39, 0.29) is 29.4 Å². The van der Waals surface area contributed by atoms with Crippen molar-refractivity contribution in [1.29, 1.82) is 0 Å². The average molecular weight is 457 g/mol. The number of aromatic carboxylic acids is 1. The van der Waals surface area contributed by atoms with Crippen LogP contribution in [-0.2, 0) is 13.0 Å². The van der Waals surface area contributed by atoms with Crippen LogP contribution >= 0.6 is 0 Å². The van der Waals surface area contributed by atoms with Crippen LogP contribution in [-0.4, -0.2) is 34.3 Å². The van der Waals surface area contributed by atoms with Crippen molar-refractivity contribution in [2.24, 2.45) is 0 Å². The molecule has 0 aliphatic carbocycles. The minimum atomic E-state index is -1.03. The summed E-state index contributed by atoms with van der Waals surface area (Å²) in [5.74, 6) is -0.792. The Hall–Kier alpha value is -4.52. The van der Waals surface area contributed by atoms with Crippen molar-refractivity contribution < 1.29 is 29.6 Å². The van der Waals surface area contributed by atoms with Crippen LogP contribution in [0, 0.1) is 0 Å². The largest absolute Gasteiger partial charge is 0.507 e. The van der Waals surface area contributed by atoms with Crippen molar-refractivity contribution in [3.63, 3.8) is 0 Å². The van der Waals surface area contributed by atoms with Gasteiger partial charge in [0.2, 0.25) is 0 Å². The van der Waals surface area contributed by atoms with Gasteiger partial charge in [0, 0.05) is 29.5 Å². The van der Waals surface area contributed by atoms with Gasteiger partial charge in [0.05, 0.1) is 12.7 Å². The molecule has 0 unspecified atom stereocenters. The van der Waals surface area contributed by atoms with E-state index in [1.807, 2.05) is 24.3 Å². The number of carboxylic acid groups (broad SMARTS) is 1. The van der Waals surface area contributed by atoms with Crippen molar-refractivity contribution in [3.05, 3.63) is 101 Å². The van der Waals surface area contributed by atoms with Crippen LogP contribution < -0.4 is 10.1 Å². The average Bonchev–Trinajstić information content (AvgIpc) is 2.85. The first-order valence-electron chi connectivity index (χ1n) is 10.6. The number of methoxy groups -OCH3 is 1. The van der Waals surface area contributed by atoms with E-state index in [0.717, 1.165) is 16.9 Å². The van der Waals surface area contributed by atoms with Gasteiger partial charge in [-0.1, -0.05) is 30.3 Å². The highest BCUT2D eigenvalue weighted by Gasteiger charge is 2.16. The van der Waals surface area contributed by atoms with Crippen LogP contribution in [0.1, 0.15) is 37.4 Å². The molecule has 172 valence electrons. The number of rotatable bonds is 7. The fourth-order valence-corrected chi connectivity index (χ4v) is 3.72. The summed E-state index contributed by atoms with van der Waals surface area (Å²) in [6.07, 6.45) is 0.196. The molecule has 0 bridgehead atoms. The zero-order valence-electron chi connectivity index (χ0n) is 18.4. The molecule has 0 saturated carbocycles. The molecule has 0 aliphatic rings. The summed E-state index contributed by atoms with van der Waals surface area (Å²) in [6, 6.07) is 20.0. The van der Waals surface area contributed by atoms with Gasteiger partial charge in [-0.3, -0.25) is 4.79 Å². The molecule has 4 aromatic rings. The quantitative estimate of drug-likeness (QED) is 0.325. The number of ether oxygens (including phenoxy) is 1. The van der Waals surface area contributed by atoms with Crippen molar-refractivity contribution in [2.75, 3.05) is 7.11 Å². The first-order valence-corrected chi connectivity index (χ1v) is 10.6. The second-order valence-corrected chi connectivity index (χ2v) is 7.87. The molecule has 0 heterocycles. The lowest BCUT2D eigenvalue weighted by molar-refractivity contribution is 0.0696. The zero-order chi connectivity index (χ0) is 24.2. The predicted octanol–water partition coefficient (Wildman–Crippen LogP) is 4.48. The van der Waals surface area contributed by atoms with E-state index in [0.29, 0.717) is 28.4 Å². The molecule has 4 N–H and O–H groups in total. The molecule has 7 heteroatoms. The summed E-state index contributed by atoms with van der Waals surface area (Å²) in [7, 11) is 1.59. The SMILES string of the molecule is COc1ccc(CNC(=O)c2ccc3cc(O)c(Cc4ccc(C(=O)O)cc4)c(O)c3c2)cc1. The molecule has 4 rings (SSSR count). The van der Waals surface area contributed by atoms with E-state index in [2.05, 4.69) is 5.32 Å². The molecule has 0 saturated heterocycles. The fourth-order valence-electron chi connectivity index (χ4n) is 3.72. The van der Waals surface area contributed by atoms with E-state index < -0.39 is 5.97 Å². The summed E-state index contributed by atoms with van der Waals surface area (Å²) in [5.41, 5.74) is 2.47. The number of aromatic hydroxyl groups is 2.